The van der Waals surface area contributed by atoms with E-state index in [1.165, 1.54) is 16.7 Å². The molecule has 2 fully saturated rings. The molecule has 3 aromatic rings. The number of fused-ring (bicyclic) bond motifs is 2. The average Bonchev–Trinajstić information content (AvgIpc) is 3.68. The first-order valence-electron chi connectivity index (χ1n) is 12.9. The van der Waals surface area contributed by atoms with Crippen LogP contribution in [0.1, 0.15) is 32.1 Å². The van der Waals surface area contributed by atoms with E-state index in [9.17, 15) is 14.7 Å². The predicted octanol–water partition coefficient (Wildman–Crippen LogP) is 3.65. The van der Waals surface area contributed by atoms with Gasteiger partial charge in [0, 0.05) is 35.5 Å². The van der Waals surface area contributed by atoms with Crippen molar-refractivity contribution in [3.63, 3.8) is 0 Å². The van der Waals surface area contributed by atoms with Crippen LogP contribution in [0, 0.1) is 11.3 Å². The molecule has 0 spiro atoms. The molecule has 0 bridgehead atoms. The molecule has 3 N–H and O–H groups in total. The first kappa shape index (κ1) is 26.0. The standard InChI is InChI=1S/C25H28BrN7O5S/c26-15-10-17-18(38-13-37-17)11-19(15)39-24-29-20-21(27)28-12-32(22(20)30-24)9-5-14-3-7-31(8-4-14)23(34)16-2-1-6-33(16)25(35)36/h10-12,14,16,27H,1-9,13H2,(H,29,30)(H,35,36)/t16-/m0/s1. The largest absolute Gasteiger partial charge is 0.465 e. The van der Waals surface area contributed by atoms with Crippen molar-refractivity contribution in [2.24, 2.45) is 5.92 Å². The monoisotopic (exact) mass is 617 g/mol. The highest BCUT2D eigenvalue weighted by molar-refractivity contribution is 9.10. The van der Waals surface area contributed by atoms with E-state index in [4.69, 9.17) is 19.9 Å². The van der Waals surface area contributed by atoms with Crippen LogP contribution in [-0.4, -0.2) is 78.9 Å². The number of halogens is 1. The van der Waals surface area contributed by atoms with Gasteiger partial charge < -0.3 is 29.0 Å². The van der Waals surface area contributed by atoms with Crippen LogP contribution in [0.3, 0.4) is 0 Å². The topological polar surface area (TPSA) is 150 Å². The Morgan fingerprint density at radius 2 is 1.95 bits per heavy atom. The van der Waals surface area contributed by atoms with Gasteiger partial charge in [-0.05, 0) is 66.1 Å². The van der Waals surface area contributed by atoms with E-state index >= 15 is 0 Å². The number of hydrogen-bond acceptors (Lipinski definition) is 8. The number of carbonyl (C=O) groups is 2. The van der Waals surface area contributed by atoms with Crippen molar-refractivity contribution in [3.05, 3.63) is 28.4 Å². The lowest BCUT2D eigenvalue weighted by molar-refractivity contribution is -0.136. The molecule has 206 valence electrons. The Kier molecular flexibility index (Phi) is 7.14. The number of ether oxygens (including phenoxy) is 2. The van der Waals surface area contributed by atoms with E-state index < -0.39 is 12.1 Å². The number of imidazole rings is 1. The van der Waals surface area contributed by atoms with Crippen molar-refractivity contribution in [3.8, 4) is 11.5 Å². The number of H-pyrrole nitrogens is 1. The zero-order valence-electron chi connectivity index (χ0n) is 21.1. The van der Waals surface area contributed by atoms with Crippen molar-refractivity contribution in [1.82, 2.24) is 29.3 Å². The third kappa shape index (κ3) is 5.19. The average molecular weight is 619 g/mol. The second-order valence-electron chi connectivity index (χ2n) is 9.96. The maximum absolute atomic E-state index is 13.0. The van der Waals surface area contributed by atoms with Crippen molar-refractivity contribution < 1.29 is 24.2 Å². The van der Waals surface area contributed by atoms with Gasteiger partial charge in [0.1, 0.15) is 11.6 Å². The summed E-state index contributed by atoms with van der Waals surface area (Å²) < 4.78 is 13.8. The highest BCUT2D eigenvalue weighted by atomic mass is 79.9. The van der Waals surface area contributed by atoms with E-state index in [0.717, 1.165) is 35.1 Å². The number of hydrogen-bond donors (Lipinski definition) is 3. The number of piperidine rings is 1. The summed E-state index contributed by atoms with van der Waals surface area (Å²) in [6.45, 7) is 2.62. The predicted molar refractivity (Wildman–Crippen MR) is 144 cm³/mol. The van der Waals surface area contributed by atoms with Crippen LogP contribution in [-0.2, 0) is 11.3 Å². The van der Waals surface area contributed by atoms with E-state index in [1.54, 1.807) is 6.33 Å². The van der Waals surface area contributed by atoms with Crippen LogP contribution in [0.25, 0.3) is 11.2 Å². The lowest BCUT2D eigenvalue weighted by Crippen LogP contribution is -2.49. The molecule has 12 nitrogen and oxygen atoms in total. The summed E-state index contributed by atoms with van der Waals surface area (Å²) in [5, 5.41) is 18.3. The summed E-state index contributed by atoms with van der Waals surface area (Å²) in [6, 6.07) is 3.24. The van der Waals surface area contributed by atoms with Gasteiger partial charge in [-0.3, -0.25) is 15.1 Å². The first-order chi connectivity index (χ1) is 18.9. The van der Waals surface area contributed by atoms with Gasteiger partial charge in [-0.15, -0.1) is 0 Å². The van der Waals surface area contributed by atoms with Gasteiger partial charge in [0.05, 0.1) is 6.33 Å². The van der Waals surface area contributed by atoms with Gasteiger partial charge in [-0.25, -0.2) is 14.8 Å². The fourth-order valence-electron chi connectivity index (χ4n) is 5.48. The molecule has 14 heteroatoms. The number of aromatic amines is 1. The highest BCUT2D eigenvalue weighted by Gasteiger charge is 2.37. The van der Waals surface area contributed by atoms with Gasteiger partial charge in [0.15, 0.2) is 27.8 Å². The van der Waals surface area contributed by atoms with Crippen molar-refractivity contribution >= 4 is 50.9 Å². The third-order valence-electron chi connectivity index (χ3n) is 7.62. The molecule has 0 radical (unpaired) electrons. The number of benzene rings is 1. The third-order valence-corrected chi connectivity index (χ3v) is 9.48. The maximum Gasteiger partial charge on any atom is 0.407 e. The molecular weight excluding hydrogens is 590 g/mol. The fraction of sp³-hybridized carbons (Fsp3) is 0.480. The van der Waals surface area contributed by atoms with Gasteiger partial charge in [-0.2, -0.15) is 0 Å². The molecule has 0 aliphatic carbocycles. The Morgan fingerprint density at radius 3 is 2.72 bits per heavy atom. The van der Waals surface area contributed by atoms with Crippen molar-refractivity contribution in [2.45, 2.75) is 54.7 Å². The number of amides is 2. The molecule has 39 heavy (non-hydrogen) atoms. The Balaban J connectivity index is 1.10. The van der Waals surface area contributed by atoms with Gasteiger partial charge in [0.2, 0.25) is 12.7 Å². The molecule has 0 unspecified atom stereocenters. The van der Waals surface area contributed by atoms with Gasteiger partial charge in [0.25, 0.3) is 0 Å². The van der Waals surface area contributed by atoms with Crippen molar-refractivity contribution in [1.29, 1.82) is 5.41 Å². The molecular formula is C25H28BrN7O5S. The number of carboxylic acid groups (broad SMARTS) is 1. The zero-order valence-corrected chi connectivity index (χ0v) is 23.5. The van der Waals surface area contributed by atoms with Gasteiger partial charge >= 0.3 is 6.09 Å². The quantitative estimate of drug-likeness (QED) is 0.379. The van der Waals surface area contributed by atoms with Crippen LogP contribution in [0.4, 0.5) is 4.79 Å². The number of aryl methyl sites for hydroxylation is 1. The van der Waals surface area contributed by atoms with Crippen LogP contribution in [0.2, 0.25) is 0 Å². The minimum absolute atomic E-state index is 0.0599. The highest BCUT2D eigenvalue weighted by Crippen LogP contribution is 2.42. The normalized spacial score (nSPS) is 19.3. The fourth-order valence-corrected chi connectivity index (χ4v) is 6.86. The first-order valence-corrected chi connectivity index (χ1v) is 14.5. The minimum Gasteiger partial charge on any atom is -0.465 e. The summed E-state index contributed by atoms with van der Waals surface area (Å²) in [4.78, 5) is 40.7. The second kappa shape index (κ2) is 10.7. The Bertz CT molecular complexity index is 1490. The smallest absolute Gasteiger partial charge is 0.407 e. The zero-order chi connectivity index (χ0) is 27.1. The molecule has 3 aliphatic rings. The lowest BCUT2D eigenvalue weighted by Gasteiger charge is -2.35. The number of carbonyl (C=O) groups excluding carboxylic acids is 1. The minimum atomic E-state index is -1.01. The number of nitrogens with one attached hydrogen (secondary N) is 2. The lowest BCUT2D eigenvalue weighted by atomic mass is 9.93. The molecule has 6 rings (SSSR count). The Morgan fingerprint density at radius 1 is 1.18 bits per heavy atom. The van der Waals surface area contributed by atoms with Crippen LogP contribution >= 0.6 is 27.7 Å². The summed E-state index contributed by atoms with van der Waals surface area (Å²) >= 11 is 5.02. The molecule has 2 amide bonds. The Hall–Kier alpha value is -3.26. The van der Waals surface area contributed by atoms with E-state index in [0.29, 0.717) is 66.3 Å². The van der Waals surface area contributed by atoms with Gasteiger partial charge in [-0.1, -0.05) is 11.8 Å². The second-order valence-corrected chi connectivity index (χ2v) is 11.8. The Labute approximate surface area is 236 Å². The summed E-state index contributed by atoms with van der Waals surface area (Å²) in [5.74, 6) is 1.76. The van der Waals surface area contributed by atoms with E-state index in [-0.39, 0.29) is 18.2 Å². The van der Waals surface area contributed by atoms with Crippen LogP contribution in [0.15, 0.2) is 33.0 Å². The number of nitrogens with zero attached hydrogens (tertiary/aromatic N) is 5. The SMILES string of the molecule is N=c1ncn(CCC2CCN(C(=O)[C@@H]3CCCN3C(=O)O)CC2)c2nc(Sc3cc4c(cc3Br)OCO4)[nH]c12. The summed E-state index contributed by atoms with van der Waals surface area (Å²) in [5.41, 5.74) is 1.40. The molecule has 0 saturated carbocycles. The van der Waals surface area contributed by atoms with E-state index in [1.807, 2.05) is 21.6 Å². The van der Waals surface area contributed by atoms with Crippen LogP contribution in [0.5, 0.6) is 11.5 Å². The maximum atomic E-state index is 13.0. The molecule has 1 atom stereocenters. The van der Waals surface area contributed by atoms with Crippen molar-refractivity contribution in [2.75, 3.05) is 26.4 Å². The molecule has 2 saturated heterocycles. The number of aromatic nitrogens is 4. The number of rotatable bonds is 6. The molecule has 2 aromatic heterocycles. The molecule has 1 aromatic carbocycles. The van der Waals surface area contributed by atoms with Crippen LogP contribution < -0.4 is 15.0 Å². The molecule has 3 aliphatic heterocycles. The molecule has 5 heterocycles. The van der Waals surface area contributed by atoms with E-state index in [2.05, 4.69) is 25.9 Å². The summed E-state index contributed by atoms with van der Waals surface area (Å²) in [7, 11) is 0. The number of likely N-dealkylation sites (tertiary alicyclic amines) is 2. The summed E-state index contributed by atoms with van der Waals surface area (Å²) in [6.07, 6.45) is 4.63.